The molecule has 7 heteroatoms. The summed E-state index contributed by atoms with van der Waals surface area (Å²) in [6, 6.07) is 3.59. The van der Waals surface area contributed by atoms with Crippen LogP contribution >= 0.6 is 0 Å². The molecule has 2 aliphatic heterocycles. The van der Waals surface area contributed by atoms with E-state index in [-0.39, 0.29) is 23.9 Å². The number of carbonyl (C=O) groups excluding carboxylic acids is 2. The van der Waals surface area contributed by atoms with Crippen LogP contribution in [0.25, 0.3) is 0 Å². The Balaban J connectivity index is 1.61. The summed E-state index contributed by atoms with van der Waals surface area (Å²) in [5, 5.41) is 3.76. The molecule has 4 heterocycles. The fourth-order valence-corrected chi connectivity index (χ4v) is 3.58. The van der Waals surface area contributed by atoms with Gasteiger partial charge in [0.25, 0.3) is 5.91 Å². The SMILES string of the molecule is Cc1nocc1C(=O)N1CC[C@@H]2[C@H]1CC(=O)N2c1cccnc1. The molecule has 2 aliphatic rings. The Hall–Kier alpha value is -2.70. The van der Waals surface area contributed by atoms with Crippen molar-refractivity contribution >= 4 is 17.5 Å². The van der Waals surface area contributed by atoms with Crippen LogP contribution in [-0.2, 0) is 4.79 Å². The van der Waals surface area contributed by atoms with Crippen LogP contribution in [-0.4, -0.2) is 45.5 Å². The first kappa shape index (κ1) is 13.9. The van der Waals surface area contributed by atoms with Crippen LogP contribution in [0.5, 0.6) is 0 Å². The maximum absolute atomic E-state index is 12.7. The summed E-state index contributed by atoms with van der Waals surface area (Å²) in [6.45, 7) is 2.37. The monoisotopic (exact) mass is 312 g/mol. The lowest BCUT2D eigenvalue weighted by Gasteiger charge is -2.25. The summed E-state index contributed by atoms with van der Waals surface area (Å²) in [4.78, 5) is 32.8. The van der Waals surface area contributed by atoms with E-state index in [2.05, 4.69) is 10.1 Å². The highest BCUT2D eigenvalue weighted by Gasteiger charge is 2.49. The first-order valence-electron chi connectivity index (χ1n) is 7.61. The lowest BCUT2D eigenvalue weighted by atomic mass is 10.1. The Morgan fingerprint density at radius 2 is 2.26 bits per heavy atom. The highest BCUT2D eigenvalue weighted by Crippen LogP contribution is 2.36. The maximum Gasteiger partial charge on any atom is 0.259 e. The van der Waals surface area contributed by atoms with Gasteiger partial charge in [0.15, 0.2) is 0 Å². The Kier molecular flexibility index (Phi) is 3.14. The van der Waals surface area contributed by atoms with Crippen LogP contribution in [0, 0.1) is 6.92 Å². The standard InChI is InChI=1S/C16H16N4O3/c1-10-12(9-23-18-10)16(22)19-6-4-13-14(19)7-15(21)20(13)11-3-2-5-17-8-11/h2-3,5,8-9,13-14H,4,6-7H2,1H3/t13-,14-/m1/s1. The highest BCUT2D eigenvalue weighted by atomic mass is 16.5. The quantitative estimate of drug-likeness (QED) is 0.837. The number of fused-ring (bicyclic) bond motifs is 1. The molecule has 4 rings (SSSR count). The zero-order chi connectivity index (χ0) is 16.0. The van der Waals surface area contributed by atoms with Gasteiger partial charge in [-0.25, -0.2) is 0 Å². The van der Waals surface area contributed by atoms with E-state index >= 15 is 0 Å². The van der Waals surface area contributed by atoms with Crippen molar-refractivity contribution in [2.45, 2.75) is 31.8 Å². The largest absolute Gasteiger partial charge is 0.364 e. The number of aromatic nitrogens is 2. The van der Waals surface area contributed by atoms with Gasteiger partial charge in [0, 0.05) is 19.2 Å². The Bertz CT molecular complexity index is 758. The minimum absolute atomic E-state index is 0.0100. The lowest BCUT2D eigenvalue weighted by molar-refractivity contribution is -0.117. The molecule has 0 bridgehead atoms. The number of hydrogen-bond acceptors (Lipinski definition) is 5. The van der Waals surface area contributed by atoms with Crippen LogP contribution in [0.1, 0.15) is 28.9 Å². The number of hydrogen-bond donors (Lipinski definition) is 0. The van der Waals surface area contributed by atoms with Gasteiger partial charge in [0.1, 0.15) is 11.8 Å². The maximum atomic E-state index is 12.7. The Labute approximate surface area is 132 Å². The summed E-state index contributed by atoms with van der Waals surface area (Å²) in [7, 11) is 0. The van der Waals surface area contributed by atoms with Crippen molar-refractivity contribution in [3.63, 3.8) is 0 Å². The van der Waals surface area contributed by atoms with E-state index in [9.17, 15) is 9.59 Å². The Morgan fingerprint density at radius 1 is 1.39 bits per heavy atom. The summed E-state index contributed by atoms with van der Waals surface area (Å²) >= 11 is 0. The molecule has 0 radical (unpaired) electrons. The number of aryl methyl sites for hydroxylation is 1. The number of nitrogens with zero attached hydrogens (tertiary/aromatic N) is 4. The fraction of sp³-hybridized carbons (Fsp3) is 0.375. The van der Waals surface area contributed by atoms with Gasteiger partial charge in [0.2, 0.25) is 5.91 Å². The van der Waals surface area contributed by atoms with Crippen molar-refractivity contribution in [2.24, 2.45) is 0 Å². The number of pyridine rings is 1. The molecule has 0 unspecified atom stereocenters. The van der Waals surface area contributed by atoms with E-state index in [4.69, 9.17) is 4.52 Å². The molecule has 118 valence electrons. The van der Waals surface area contributed by atoms with Crippen LogP contribution < -0.4 is 4.90 Å². The van der Waals surface area contributed by atoms with Gasteiger partial charge >= 0.3 is 0 Å². The van der Waals surface area contributed by atoms with Gasteiger partial charge in [-0.2, -0.15) is 0 Å². The van der Waals surface area contributed by atoms with Gasteiger partial charge in [-0.1, -0.05) is 5.16 Å². The highest BCUT2D eigenvalue weighted by molar-refractivity contribution is 6.00. The summed E-state index contributed by atoms with van der Waals surface area (Å²) < 4.78 is 4.87. The van der Waals surface area contributed by atoms with E-state index < -0.39 is 0 Å². The normalized spacial score (nSPS) is 23.4. The molecule has 0 saturated carbocycles. The van der Waals surface area contributed by atoms with Gasteiger partial charge in [0.05, 0.1) is 29.7 Å². The van der Waals surface area contributed by atoms with Gasteiger partial charge in [-0.05, 0) is 25.5 Å². The molecule has 2 fully saturated rings. The summed E-state index contributed by atoms with van der Waals surface area (Å²) in [5.74, 6) is -0.0790. The molecule has 2 aromatic heterocycles. The van der Waals surface area contributed by atoms with E-state index in [0.717, 1.165) is 12.1 Å². The molecule has 2 aromatic rings. The number of rotatable bonds is 2. The van der Waals surface area contributed by atoms with Crippen LogP contribution in [0.2, 0.25) is 0 Å². The molecular weight excluding hydrogens is 296 g/mol. The number of carbonyl (C=O) groups is 2. The third kappa shape index (κ3) is 2.11. The second-order valence-corrected chi connectivity index (χ2v) is 5.91. The van der Waals surface area contributed by atoms with Gasteiger partial charge in [-0.15, -0.1) is 0 Å². The van der Waals surface area contributed by atoms with Crippen molar-refractivity contribution < 1.29 is 14.1 Å². The molecule has 0 N–H and O–H groups in total. The molecule has 2 saturated heterocycles. The molecule has 23 heavy (non-hydrogen) atoms. The summed E-state index contributed by atoms with van der Waals surface area (Å²) in [6.07, 6.45) is 5.85. The van der Waals surface area contributed by atoms with Crippen molar-refractivity contribution in [1.82, 2.24) is 15.0 Å². The number of likely N-dealkylation sites (tertiary alicyclic amines) is 1. The van der Waals surface area contributed by atoms with Crippen LogP contribution in [0.15, 0.2) is 35.3 Å². The van der Waals surface area contributed by atoms with Gasteiger partial charge in [-0.3, -0.25) is 14.6 Å². The van der Waals surface area contributed by atoms with Crippen molar-refractivity contribution in [3.05, 3.63) is 42.0 Å². The first-order valence-corrected chi connectivity index (χ1v) is 7.61. The number of amides is 2. The third-order valence-electron chi connectivity index (χ3n) is 4.66. The molecule has 0 aliphatic carbocycles. The fourth-order valence-electron chi connectivity index (χ4n) is 3.58. The lowest BCUT2D eigenvalue weighted by Crippen LogP contribution is -2.40. The molecule has 0 spiro atoms. The Morgan fingerprint density at radius 3 is 2.96 bits per heavy atom. The molecular formula is C16H16N4O3. The number of anilines is 1. The average molecular weight is 312 g/mol. The van der Waals surface area contributed by atoms with E-state index in [1.807, 2.05) is 12.1 Å². The van der Waals surface area contributed by atoms with Crippen LogP contribution in [0.4, 0.5) is 5.69 Å². The van der Waals surface area contributed by atoms with E-state index in [1.54, 1.807) is 29.1 Å². The smallest absolute Gasteiger partial charge is 0.259 e. The van der Waals surface area contributed by atoms with Gasteiger partial charge < -0.3 is 14.3 Å². The minimum atomic E-state index is -0.114. The molecule has 0 aromatic carbocycles. The van der Waals surface area contributed by atoms with Crippen molar-refractivity contribution in [1.29, 1.82) is 0 Å². The van der Waals surface area contributed by atoms with Crippen molar-refractivity contribution in [2.75, 3.05) is 11.4 Å². The van der Waals surface area contributed by atoms with Crippen molar-refractivity contribution in [3.8, 4) is 0 Å². The second-order valence-electron chi connectivity index (χ2n) is 5.91. The zero-order valence-electron chi connectivity index (χ0n) is 12.7. The predicted octanol–water partition coefficient (Wildman–Crippen LogP) is 1.40. The topological polar surface area (TPSA) is 79.5 Å². The first-order chi connectivity index (χ1) is 11.2. The van der Waals surface area contributed by atoms with E-state index in [0.29, 0.717) is 24.2 Å². The average Bonchev–Trinajstić information content (AvgIpc) is 3.22. The molecule has 2 amide bonds. The van der Waals surface area contributed by atoms with Crippen LogP contribution in [0.3, 0.4) is 0 Å². The van der Waals surface area contributed by atoms with E-state index in [1.165, 1.54) is 6.26 Å². The minimum Gasteiger partial charge on any atom is -0.364 e. The third-order valence-corrected chi connectivity index (χ3v) is 4.66. The molecule has 2 atom stereocenters. The molecule has 7 nitrogen and oxygen atoms in total. The second kappa shape index (κ2) is 5.19. The predicted molar refractivity (Wildman–Crippen MR) is 80.8 cm³/mol. The zero-order valence-corrected chi connectivity index (χ0v) is 12.7. The summed E-state index contributed by atoms with van der Waals surface area (Å²) in [5.41, 5.74) is 1.84.